The van der Waals surface area contributed by atoms with Gasteiger partial charge in [0.15, 0.2) is 15.6 Å². The minimum absolute atomic E-state index is 0.185. The van der Waals surface area contributed by atoms with Crippen LogP contribution < -0.4 is 0 Å². The van der Waals surface area contributed by atoms with Crippen LogP contribution in [0.1, 0.15) is 47.2 Å². The maximum absolute atomic E-state index is 12.0. The lowest BCUT2D eigenvalue weighted by Gasteiger charge is -2.08. The summed E-state index contributed by atoms with van der Waals surface area (Å²) < 4.78 is 24.1. The molecule has 1 aromatic heterocycles. The van der Waals surface area contributed by atoms with Crippen molar-refractivity contribution in [3.63, 3.8) is 0 Å². The summed E-state index contributed by atoms with van der Waals surface area (Å²) in [5, 5.41) is 0. The van der Waals surface area contributed by atoms with Crippen molar-refractivity contribution in [2.24, 2.45) is 5.92 Å². The van der Waals surface area contributed by atoms with Gasteiger partial charge in [0.25, 0.3) is 0 Å². The lowest BCUT2D eigenvalue weighted by atomic mass is 10.1. The number of hydrogen-bond acceptors (Lipinski definition) is 4. The molecule has 0 bridgehead atoms. The Hall–Kier alpha value is -0.680. The van der Waals surface area contributed by atoms with Crippen molar-refractivity contribution >= 4 is 27.0 Å². The molecule has 2 rings (SSSR count). The van der Waals surface area contributed by atoms with Crippen molar-refractivity contribution in [3.8, 4) is 0 Å². The highest BCUT2D eigenvalue weighted by atomic mass is 32.2. The van der Waals surface area contributed by atoms with Gasteiger partial charge in [-0.05, 0) is 37.3 Å². The van der Waals surface area contributed by atoms with Crippen LogP contribution in [0.2, 0.25) is 0 Å². The molecule has 0 N–H and O–H groups in total. The van der Waals surface area contributed by atoms with Gasteiger partial charge in [0.1, 0.15) is 5.75 Å². The van der Waals surface area contributed by atoms with E-state index in [2.05, 4.69) is 0 Å². The number of aryl methyl sites for hydroxylation is 1. The Labute approximate surface area is 119 Å². The molecule has 3 nitrogen and oxygen atoms in total. The number of carbonyl (C=O) groups is 1. The summed E-state index contributed by atoms with van der Waals surface area (Å²) >= 11 is 1.41. The normalized spacial score (nSPS) is 16.9. The molecule has 0 aliphatic heterocycles. The van der Waals surface area contributed by atoms with Crippen LogP contribution >= 0.6 is 11.3 Å². The fourth-order valence-corrected chi connectivity index (χ4v) is 5.28. The Bertz CT molecular complexity index is 537. The number of ketones is 1. The molecule has 1 aliphatic carbocycles. The summed E-state index contributed by atoms with van der Waals surface area (Å²) in [6.07, 6.45) is 5.11. The smallest absolute Gasteiger partial charge is 0.187 e. The van der Waals surface area contributed by atoms with Gasteiger partial charge >= 0.3 is 0 Å². The van der Waals surface area contributed by atoms with Gasteiger partial charge in [0.2, 0.25) is 0 Å². The largest absolute Gasteiger partial charge is 0.292 e. The van der Waals surface area contributed by atoms with Crippen LogP contribution in [0, 0.1) is 5.92 Å². The van der Waals surface area contributed by atoms with Gasteiger partial charge in [-0.1, -0.05) is 19.8 Å². The monoisotopic (exact) mass is 300 g/mol. The lowest BCUT2D eigenvalue weighted by molar-refractivity contribution is 0.102. The summed E-state index contributed by atoms with van der Waals surface area (Å²) in [5.41, 5.74) is 0. The molecule has 0 saturated heterocycles. The van der Waals surface area contributed by atoms with Crippen LogP contribution in [-0.2, 0) is 16.3 Å². The second-order valence-corrected chi connectivity index (χ2v) is 8.53. The van der Waals surface area contributed by atoms with Gasteiger partial charge in [-0.15, -0.1) is 11.3 Å². The first-order chi connectivity index (χ1) is 9.00. The van der Waals surface area contributed by atoms with Crippen LogP contribution in [0.25, 0.3) is 0 Å². The first kappa shape index (κ1) is 14.7. The van der Waals surface area contributed by atoms with E-state index in [1.165, 1.54) is 11.3 Å². The molecule has 0 spiro atoms. The molecular weight excluding hydrogens is 280 g/mol. The average Bonchev–Trinajstić information content (AvgIpc) is 2.97. The van der Waals surface area contributed by atoms with Crippen LogP contribution in [0.5, 0.6) is 0 Å². The average molecular weight is 300 g/mol. The number of Topliss-reactive ketones (excluding diaryl/α,β-unsaturated/α-hetero) is 1. The molecular formula is C14H20O3S2. The zero-order valence-corrected chi connectivity index (χ0v) is 12.9. The first-order valence-electron chi connectivity index (χ1n) is 6.82. The van der Waals surface area contributed by atoms with Crippen LogP contribution in [-0.4, -0.2) is 25.7 Å². The van der Waals surface area contributed by atoms with E-state index in [4.69, 9.17) is 0 Å². The van der Waals surface area contributed by atoms with E-state index >= 15 is 0 Å². The van der Waals surface area contributed by atoms with E-state index in [1.807, 2.05) is 13.0 Å². The topological polar surface area (TPSA) is 51.2 Å². The number of sulfone groups is 1. The summed E-state index contributed by atoms with van der Waals surface area (Å²) in [6.45, 7) is 2.02. The molecule has 1 fully saturated rings. The third-order valence-electron chi connectivity index (χ3n) is 3.60. The fourth-order valence-electron chi connectivity index (χ4n) is 2.58. The van der Waals surface area contributed by atoms with Gasteiger partial charge in [-0.2, -0.15) is 0 Å². The Kier molecular flexibility index (Phi) is 4.79. The zero-order chi connectivity index (χ0) is 13.9. The highest BCUT2D eigenvalue weighted by molar-refractivity contribution is 7.92. The van der Waals surface area contributed by atoms with Crippen LogP contribution in [0.4, 0.5) is 0 Å². The molecule has 0 amide bonds. The highest BCUT2D eigenvalue weighted by Gasteiger charge is 2.25. The lowest BCUT2D eigenvalue weighted by Crippen LogP contribution is -2.22. The van der Waals surface area contributed by atoms with Gasteiger partial charge in [-0.3, -0.25) is 4.79 Å². The summed E-state index contributed by atoms with van der Waals surface area (Å²) in [7, 11) is -3.25. The van der Waals surface area contributed by atoms with Crippen molar-refractivity contribution in [2.45, 2.75) is 39.0 Å². The molecule has 0 radical (unpaired) electrons. The van der Waals surface area contributed by atoms with Crippen molar-refractivity contribution in [1.29, 1.82) is 0 Å². The van der Waals surface area contributed by atoms with E-state index in [0.29, 0.717) is 4.88 Å². The SMILES string of the molecule is CCc1ccc(C(=O)CS(=O)(=O)CC2CCCC2)s1. The predicted octanol–water partition coefficient (Wildman–Crippen LogP) is 3.10. The van der Waals surface area contributed by atoms with Crippen LogP contribution in [0.15, 0.2) is 12.1 Å². The van der Waals surface area contributed by atoms with E-state index < -0.39 is 9.84 Å². The Morgan fingerprint density at radius 3 is 2.58 bits per heavy atom. The van der Waals surface area contributed by atoms with Gasteiger partial charge in [0.05, 0.1) is 10.6 Å². The van der Waals surface area contributed by atoms with Crippen molar-refractivity contribution in [1.82, 2.24) is 0 Å². The van der Waals surface area contributed by atoms with E-state index in [1.54, 1.807) is 6.07 Å². The number of carbonyl (C=O) groups excluding carboxylic acids is 1. The summed E-state index contributed by atoms with van der Waals surface area (Å²) in [6, 6.07) is 3.65. The maximum atomic E-state index is 12.0. The molecule has 1 saturated carbocycles. The number of rotatable bonds is 6. The van der Waals surface area contributed by atoms with Crippen molar-refractivity contribution in [3.05, 3.63) is 21.9 Å². The van der Waals surface area contributed by atoms with E-state index in [9.17, 15) is 13.2 Å². The standard InChI is InChI=1S/C14H20O3S2/c1-2-12-7-8-14(18-12)13(15)10-19(16,17)9-11-5-3-4-6-11/h7-8,11H,2-6,9-10H2,1H3. The Morgan fingerprint density at radius 2 is 2.00 bits per heavy atom. The molecule has 106 valence electrons. The van der Waals surface area contributed by atoms with Gasteiger partial charge in [0, 0.05) is 4.88 Å². The molecule has 0 atom stereocenters. The Morgan fingerprint density at radius 1 is 1.32 bits per heavy atom. The molecule has 0 unspecified atom stereocenters. The van der Waals surface area contributed by atoms with Crippen LogP contribution in [0.3, 0.4) is 0 Å². The van der Waals surface area contributed by atoms with Gasteiger partial charge in [-0.25, -0.2) is 8.42 Å². The molecule has 5 heteroatoms. The van der Waals surface area contributed by atoms with Crippen molar-refractivity contribution in [2.75, 3.05) is 11.5 Å². The van der Waals surface area contributed by atoms with E-state index in [-0.39, 0.29) is 23.2 Å². The Balaban J connectivity index is 1.96. The van der Waals surface area contributed by atoms with E-state index in [0.717, 1.165) is 37.0 Å². The second kappa shape index (κ2) is 6.18. The third kappa shape index (κ3) is 4.14. The first-order valence-corrected chi connectivity index (χ1v) is 9.46. The molecule has 19 heavy (non-hydrogen) atoms. The third-order valence-corrected chi connectivity index (χ3v) is 6.55. The predicted molar refractivity (Wildman–Crippen MR) is 78.6 cm³/mol. The fraction of sp³-hybridized carbons (Fsp3) is 0.643. The zero-order valence-electron chi connectivity index (χ0n) is 11.2. The van der Waals surface area contributed by atoms with Crippen molar-refractivity contribution < 1.29 is 13.2 Å². The molecule has 1 heterocycles. The quantitative estimate of drug-likeness (QED) is 0.759. The minimum atomic E-state index is -3.25. The molecule has 1 aliphatic rings. The highest BCUT2D eigenvalue weighted by Crippen LogP contribution is 2.26. The summed E-state index contributed by atoms with van der Waals surface area (Å²) in [4.78, 5) is 13.7. The van der Waals surface area contributed by atoms with Gasteiger partial charge < -0.3 is 0 Å². The summed E-state index contributed by atoms with van der Waals surface area (Å²) in [5.74, 6) is -0.118. The molecule has 0 aromatic carbocycles. The number of thiophene rings is 1. The maximum Gasteiger partial charge on any atom is 0.187 e. The molecule has 1 aromatic rings. The number of hydrogen-bond donors (Lipinski definition) is 0. The minimum Gasteiger partial charge on any atom is -0.292 e. The second-order valence-electron chi connectivity index (χ2n) is 5.25.